The number of hydrogen-bond donors (Lipinski definition) is 3. The summed E-state index contributed by atoms with van der Waals surface area (Å²) in [5.74, 6) is -0.268. The molecule has 2 amide bonds. The Kier molecular flexibility index (Phi) is 7.61. The lowest BCUT2D eigenvalue weighted by atomic mass is 9.95. The van der Waals surface area contributed by atoms with E-state index in [2.05, 4.69) is 16.0 Å². The summed E-state index contributed by atoms with van der Waals surface area (Å²) >= 11 is 11.0. The fourth-order valence-corrected chi connectivity index (χ4v) is 3.70. The summed E-state index contributed by atoms with van der Waals surface area (Å²) < 4.78 is 0. The van der Waals surface area contributed by atoms with E-state index in [9.17, 15) is 9.59 Å². The maximum absolute atomic E-state index is 12.4. The number of hydrogen-bond acceptors (Lipinski definition) is 3. The van der Waals surface area contributed by atoms with Crippen LogP contribution in [0.2, 0.25) is 5.02 Å². The Morgan fingerprint density at radius 3 is 2.28 bits per heavy atom. The van der Waals surface area contributed by atoms with Gasteiger partial charge in [-0.15, -0.1) is 0 Å². The maximum Gasteiger partial charge on any atom is 0.251 e. The molecule has 1 fully saturated rings. The van der Waals surface area contributed by atoms with E-state index in [1.165, 1.54) is 19.3 Å². The SMILES string of the molecule is O=C(Cc1ccc(Cl)cc1)NC(=S)Nc1ccc(C(=O)NC2CCCCC2)cc1. The molecule has 2 aromatic rings. The van der Waals surface area contributed by atoms with Gasteiger partial charge in [-0.1, -0.05) is 43.0 Å². The summed E-state index contributed by atoms with van der Waals surface area (Å²) in [6.45, 7) is 0. The largest absolute Gasteiger partial charge is 0.349 e. The maximum atomic E-state index is 12.4. The highest BCUT2D eigenvalue weighted by Gasteiger charge is 2.16. The van der Waals surface area contributed by atoms with Crippen molar-refractivity contribution < 1.29 is 9.59 Å². The van der Waals surface area contributed by atoms with Crippen molar-refractivity contribution in [2.75, 3.05) is 5.32 Å². The van der Waals surface area contributed by atoms with E-state index in [0.29, 0.717) is 16.3 Å². The summed E-state index contributed by atoms with van der Waals surface area (Å²) in [6.07, 6.45) is 5.91. The number of nitrogens with one attached hydrogen (secondary N) is 3. The van der Waals surface area contributed by atoms with Gasteiger partial charge >= 0.3 is 0 Å². The highest BCUT2D eigenvalue weighted by molar-refractivity contribution is 7.80. The van der Waals surface area contributed by atoms with Crippen molar-refractivity contribution in [2.45, 2.75) is 44.6 Å². The van der Waals surface area contributed by atoms with Crippen LogP contribution in [0.4, 0.5) is 5.69 Å². The number of carbonyl (C=O) groups excluding carboxylic acids is 2. The first-order valence-corrected chi connectivity index (χ1v) is 10.5. The Hall–Kier alpha value is -2.44. The molecule has 0 bridgehead atoms. The third-order valence-electron chi connectivity index (χ3n) is 4.88. The first-order valence-electron chi connectivity index (χ1n) is 9.76. The molecular weight excluding hydrogens is 406 g/mol. The first-order chi connectivity index (χ1) is 14.0. The molecule has 3 rings (SSSR count). The molecule has 1 aliphatic carbocycles. The van der Waals surface area contributed by atoms with Crippen LogP contribution in [-0.2, 0) is 11.2 Å². The topological polar surface area (TPSA) is 70.2 Å². The molecule has 29 heavy (non-hydrogen) atoms. The van der Waals surface area contributed by atoms with Crippen LogP contribution >= 0.6 is 23.8 Å². The molecular formula is C22H24ClN3O2S. The van der Waals surface area contributed by atoms with Crippen LogP contribution in [0.25, 0.3) is 0 Å². The quantitative estimate of drug-likeness (QED) is 0.614. The molecule has 0 radical (unpaired) electrons. The zero-order chi connectivity index (χ0) is 20.6. The molecule has 1 aliphatic rings. The van der Waals surface area contributed by atoms with Crippen molar-refractivity contribution in [1.82, 2.24) is 10.6 Å². The molecule has 5 nitrogen and oxygen atoms in total. The van der Waals surface area contributed by atoms with Gasteiger partial charge in [-0.3, -0.25) is 9.59 Å². The smallest absolute Gasteiger partial charge is 0.251 e. The van der Waals surface area contributed by atoms with Crippen LogP contribution in [0.3, 0.4) is 0 Å². The van der Waals surface area contributed by atoms with Gasteiger partial charge in [0.15, 0.2) is 5.11 Å². The van der Waals surface area contributed by atoms with Gasteiger partial charge in [-0.05, 0) is 67.0 Å². The predicted molar refractivity (Wildman–Crippen MR) is 120 cm³/mol. The minimum atomic E-state index is -0.215. The Labute approximate surface area is 181 Å². The molecule has 0 heterocycles. The summed E-state index contributed by atoms with van der Waals surface area (Å²) in [5.41, 5.74) is 2.16. The number of thiocarbonyl (C=S) groups is 1. The third-order valence-corrected chi connectivity index (χ3v) is 5.33. The second-order valence-corrected chi connectivity index (χ2v) is 8.04. The number of benzene rings is 2. The molecule has 2 aromatic carbocycles. The first kappa shape index (κ1) is 21.3. The summed E-state index contributed by atoms with van der Waals surface area (Å²) in [6, 6.07) is 14.4. The van der Waals surface area contributed by atoms with Gasteiger partial charge in [0.1, 0.15) is 0 Å². The van der Waals surface area contributed by atoms with Crippen LogP contribution in [0.1, 0.15) is 48.0 Å². The van der Waals surface area contributed by atoms with Gasteiger partial charge in [0.2, 0.25) is 5.91 Å². The zero-order valence-electron chi connectivity index (χ0n) is 16.0. The number of carbonyl (C=O) groups is 2. The van der Waals surface area contributed by atoms with Gasteiger partial charge in [-0.25, -0.2) is 0 Å². The second kappa shape index (κ2) is 10.4. The Bertz CT molecular complexity index is 863. The summed E-state index contributed by atoms with van der Waals surface area (Å²) in [5, 5.41) is 9.55. The molecule has 152 valence electrons. The molecule has 0 aliphatic heterocycles. The molecule has 0 aromatic heterocycles. The lowest BCUT2D eigenvalue weighted by Gasteiger charge is -2.22. The van der Waals surface area contributed by atoms with Crippen LogP contribution in [0, 0.1) is 0 Å². The predicted octanol–water partition coefficient (Wildman–Crippen LogP) is 4.46. The van der Waals surface area contributed by atoms with Gasteiger partial charge in [0.25, 0.3) is 5.91 Å². The van der Waals surface area contributed by atoms with Gasteiger partial charge in [0, 0.05) is 22.3 Å². The van der Waals surface area contributed by atoms with Gasteiger partial charge in [0.05, 0.1) is 6.42 Å². The van der Waals surface area contributed by atoms with Crippen molar-refractivity contribution >= 4 is 46.4 Å². The molecule has 0 unspecified atom stereocenters. The highest BCUT2D eigenvalue weighted by Crippen LogP contribution is 2.18. The second-order valence-electron chi connectivity index (χ2n) is 7.19. The fraction of sp³-hybridized carbons (Fsp3) is 0.318. The standard InChI is InChI=1S/C22H24ClN3O2S/c23-17-10-6-15(7-11-17)14-20(27)26-22(29)25-19-12-8-16(9-13-19)21(28)24-18-4-2-1-3-5-18/h6-13,18H,1-5,14H2,(H,24,28)(H2,25,26,27,29). The van der Waals surface area contributed by atoms with E-state index in [-0.39, 0.29) is 29.4 Å². The van der Waals surface area contributed by atoms with Crippen LogP contribution in [-0.4, -0.2) is 23.0 Å². The van der Waals surface area contributed by atoms with E-state index < -0.39 is 0 Å². The molecule has 0 atom stereocenters. The average Bonchev–Trinajstić information content (AvgIpc) is 2.71. The van der Waals surface area contributed by atoms with Crippen LogP contribution < -0.4 is 16.0 Å². The van der Waals surface area contributed by atoms with E-state index >= 15 is 0 Å². The molecule has 1 saturated carbocycles. The number of rotatable bonds is 5. The zero-order valence-corrected chi connectivity index (χ0v) is 17.6. The molecule has 0 saturated heterocycles. The fourth-order valence-electron chi connectivity index (χ4n) is 3.34. The lowest BCUT2D eigenvalue weighted by Crippen LogP contribution is -2.36. The normalized spacial score (nSPS) is 14.1. The average molecular weight is 430 g/mol. The number of halogens is 1. The van der Waals surface area contributed by atoms with Crippen molar-refractivity contribution in [3.63, 3.8) is 0 Å². The highest BCUT2D eigenvalue weighted by atomic mass is 35.5. The summed E-state index contributed by atoms with van der Waals surface area (Å²) in [7, 11) is 0. The number of amides is 2. The van der Waals surface area contributed by atoms with E-state index in [0.717, 1.165) is 18.4 Å². The van der Waals surface area contributed by atoms with Crippen molar-refractivity contribution in [1.29, 1.82) is 0 Å². The van der Waals surface area contributed by atoms with Gasteiger partial charge in [-0.2, -0.15) is 0 Å². The van der Waals surface area contributed by atoms with E-state index in [1.54, 1.807) is 48.5 Å². The summed E-state index contributed by atoms with van der Waals surface area (Å²) in [4.78, 5) is 24.5. The van der Waals surface area contributed by atoms with E-state index in [1.807, 2.05) is 0 Å². The van der Waals surface area contributed by atoms with Crippen LogP contribution in [0.15, 0.2) is 48.5 Å². The minimum absolute atomic E-state index is 0.0534. The van der Waals surface area contributed by atoms with Crippen LogP contribution in [0.5, 0.6) is 0 Å². The minimum Gasteiger partial charge on any atom is -0.349 e. The molecule has 3 N–H and O–H groups in total. The van der Waals surface area contributed by atoms with Crippen molar-refractivity contribution in [3.05, 3.63) is 64.7 Å². The van der Waals surface area contributed by atoms with Crippen molar-refractivity contribution in [2.24, 2.45) is 0 Å². The molecule has 7 heteroatoms. The van der Waals surface area contributed by atoms with E-state index in [4.69, 9.17) is 23.8 Å². The molecule has 0 spiro atoms. The monoisotopic (exact) mass is 429 g/mol. The van der Waals surface area contributed by atoms with Crippen molar-refractivity contribution in [3.8, 4) is 0 Å². The number of anilines is 1. The lowest BCUT2D eigenvalue weighted by molar-refractivity contribution is -0.119. The Morgan fingerprint density at radius 2 is 1.62 bits per heavy atom. The third kappa shape index (κ3) is 6.84. The Balaban J connectivity index is 1.47. The Morgan fingerprint density at radius 1 is 0.966 bits per heavy atom. The van der Waals surface area contributed by atoms with Gasteiger partial charge < -0.3 is 16.0 Å².